The Hall–Kier alpha value is -1.82. The van der Waals surface area contributed by atoms with Crippen LogP contribution in [0, 0.1) is 6.92 Å². The van der Waals surface area contributed by atoms with Gasteiger partial charge in [-0.25, -0.2) is 9.98 Å². The van der Waals surface area contributed by atoms with Crippen molar-refractivity contribution in [3.63, 3.8) is 0 Å². The lowest BCUT2D eigenvalue weighted by Gasteiger charge is -2.30. The fraction of sp³-hybridized carbons (Fsp3) is 0.474. The fourth-order valence-corrected chi connectivity index (χ4v) is 2.80. The summed E-state index contributed by atoms with van der Waals surface area (Å²) in [5.74, 6) is -0.0567. The van der Waals surface area contributed by atoms with E-state index < -0.39 is 24.0 Å². The Morgan fingerprint density at radius 3 is 2.48 bits per heavy atom. The molecule has 0 saturated carbocycles. The number of aryl methyl sites for hydroxylation is 2. The summed E-state index contributed by atoms with van der Waals surface area (Å²) in [6, 6.07) is 7.77. The Bertz CT molecular complexity index is 809. The maximum Gasteiger partial charge on any atom is 0.424 e. The van der Waals surface area contributed by atoms with E-state index in [0.717, 1.165) is 11.1 Å². The topological polar surface area (TPSA) is 74.5 Å². The zero-order valence-corrected chi connectivity index (χ0v) is 19.0. The molecule has 0 spiro atoms. The van der Waals surface area contributed by atoms with Crippen LogP contribution in [-0.2, 0) is 19.2 Å². The SMILES string of the molecule is CCNC(=NCc1ccccc1C)NCCC(O)(c1nccn1C)C(F)(F)F.I. The molecule has 1 unspecified atom stereocenters. The maximum absolute atomic E-state index is 13.6. The van der Waals surface area contributed by atoms with Crippen molar-refractivity contribution in [3.05, 3.63) is 53.6 Å². The Balaban J connectivity index is 0.00000420. The first-order valence-corrected chi connectivity index (χ1v) is 9.02. The molecule has 0 fully saturated rings. The largest absolute Gasteiger partial charge is 0.424 e. The van der Waals surface area contributed by atoms with Crippen molar-refractivity contribution in [2.24, 2.45) is 12.0 Å². The normalized spacial score (nSPS) is 14.1. The number of imidazole rings is 1. The smallest absolute Gasteiger partial charge is 0.374 e. The van der Waals surface area contributed by atoms with Gasteiger partial charge in [-0.1, -0.05) is 24.3 Å². The van der Waals surface area contributed by atoms with Gasteiger partial charge in [-0.05, 0) is 25.0 Å². The van der Waals surface area contributed by atoms with Crippen LogP contribution in [0.5, 0.6) is 0 Å². The molecule has 162 valence electrons. The molecule has 2 aromatic rings. The van der Waals surface area contributed by atoms with E-state index in [9.17, 15) is 18.3 Å². The molecule has 2 rings (SSSR count). The third-order valence-electron chi connectivity index (χ3n) is 4.45. The van der Waals surface area contributed by atoms with Gasteiger partial charge in [0.05, 0.1) is 6.54 Å². The number of guanidine groups is 1. The summed E-state index contributed by atoms with van der Waals surface area (Å²) in [6.45, 7) is 4.66. The van der Waals surface area contributed by atoms with E-state index >= 15 is 0 Å². The van der Waals surface area contributed by atoms with Gasteiger partial charge in [-0.15, -0.1) is 24.0 Å². The lowest BCUT2D eigenvalue weighted by molar-refractivity contribution is -0.272. The second-order valence-electron chi connectivity index (χ2n) is 6.52. The van der Waals surface area contributed by atoms with Crippen molar-refractivity contribution in [1.29, 1.82) is 0 Å². The van der Waals surface area contributed by atoms with Crippen LogP contribution >= 0.6 is 24.0 Å². The van der Waals surface area contributed by atoms with Gasteiger partial charge in [-0.2, -0.15) is 13.2 Å². The van der Waals surface area contributed by atoms with Gasteiger partial charge in [-0.3, -0.25) is 0 Å². The van der Waals surface area contributed by atoms with Crippen LogP contribution in [0.3, 0.4) is 0 Å². The summed E-state index contributed by atoms with van der Waals surface area (Å²) in [5, 5.41) is 16.2. The highest BCUT2D eigenvalue weighted by Crippen LogP contribution is 2.40. The number of aliphatic imine (C=N–C) groups is 1. The molecule has 0 aliphatic carbocycles. The second kappa shape index (κ2) is 10.8. The van der Waals surface area contributed by atoms with Crippen molar-refractivity contribution >= 4 is 29.9 Å². The van der Waals surface area contributed by atoms with Crippen LogP contribution in [-0.4, -0.2) is 39.9 Å². The van der Waals surface area contributed by atoms with Crippen molar-refractivity contribution in [2.75, 3.05) is 13.1 Å². The highest BCUT2D eigenvalue weighted by atomic mass is 127. The fourth-order valence-electron chi connectivity index (χ4n) is 2.80. The number of nitrogens with one attached hydrogen (secondary N) is 2. The van der Waals surface area contributed by atoms with E-state index in [1.54, 1.807) is 0 Å². The van der Waals surface area contributed by atoms with E-state index in [1.165, 1.54) is 24.0 Å². The minimum atomic E-state index is -4.86. The zero-order chi connectivity index (χ0) is 20.8. The summed E-state index contributed by atoms with van der Waals surface area (Å²) >= 11 is 0. The number of alkyl halides is 3. The molecule has 1 heterocycles. The molecule has 10 heteroatoms. The molecule has 0 aliphatic rings. The summed E-state index contributed by atoms with van der Waals surface area (Å²) in [6.07, 6.45) is -2.86. The minimum absolute atomic E-state index is 0. The van der Waals surface area contributed by atoms with Crippen LogP contribution in [0.2, 0.25) is 0 Å². The summed E-state index contributed by atoms with van der Waals surface area (Å²) in [7, 11) is 1.42. The molecule has 29 heavy (non-hydrogen) atoms. The first kappa shape index (κ1) is 25.2. The van der Waals surface area contributed by atoms with E-state index in [2.05, 4.69) is 20.6 Å². The number of benzene rings is 1. The Labute approximate surface area is 185 Å². The van der Waals surface area contributed by atoms with Crippen LogP contribution in [0.4, 0.5) is 13.2 Å². The zero-order valence-electron chi connectivity index (χ0n) is 16.6. The third kappa shape index (κ3) is 6.33. The molecule has 1 atom stereocenters. The van der Waals surface area contributed by atoms with Gasteiger partial charge in [0.2, 0.25) is 5.60 Å². The number of nitrogens with zero attached hydrogens (tertiary/aromatic N) is 3. The lowest BCUT2D eigenvalue weighted by atomic mass is 9.97. The molecular formula is C19H27F3IN5O. The summed E-state index contributed by atoms with van der Waals surface area (Å²) in [4.78, 5) is 8.11. The van der Waals surface area contributed by atoms with Crippen LogP contribution in [0.15, 0.2) is 41.7 Å². The molecule has 1 aromatic carbocycles. The predicted molar refractivity (Wildman–Crippen MR) is 117 cm³/mol. The molecule has 0 amide bonds. The number of aromatic nitrogens is 2. The summed E-state index contributed by atoms with van der Waals surface area (Å²) < 4.78 is 41.8. The molecule has 3 N–H and O–H groups in total. The third-order valence-corrected chi connectivity index (χ3v) is 4.45. The number of halogens is 4. The van der Waals surface area contributed by atoms with Crippen LogP contribution < -0.4 is 10.6 Å². The lowest BCUT2D eigenvalue weighted by Crippen LogP contribution is -2.47. The Kier molecular flexibility index (Phi) is 9.40. The number of hydrogen-bond acceptors (Lipinski definition) is 3. The van der Waals surface area contributed by atoms with E-state index in [1.807, 2.05) is 38.1 Å². The van der Waals surface area contributed by atoms with E-state index in [-0.39, 0.29) is 30.5 Å². The van der Waals surface area contributed by atoms with Crippen LogP contribution in [0.25, 0.3) is 0 Å². The molecular weight excluding hydrogens is 498 g/mol. The van der Waals surface area contributed by atoms with Gasteiger partial charge in [0, 0.05) is 39.0 Å². The second-order valence-corrected chi connectivity index (χ2v) is 6.52. The van der Waals surface area contributed by atoms with Crippen molar-refractivity contribution in [2.45, 2.75) is 38.6 Å². The van der Waals surface area contributed by atoms with Gasteiger partial charge in [0.25, 0.3) is 0 Å². The monoisotopic (exact) mass is 525 g/mol. The standard InChI is InChI=1S/C19H26F3N5O.HI/c1-4-23-17(26-13-15-8-6-5-7-14(15)2)25-10-9-18(28,19(20,21)22)16-24-11-12-27(16)3;/h5-8,11-12,28H,4,9-10,13H2,1-3H3,(H2,23,25,26);1H. The molecule has 0 radical (unpaired) electrons. The Morgan fingerprint density at radius 1 is 1.24 bits per heavy atom. The average Bonchev–Trinajstić information content (AvgIpc) is 3.06. The molecule has 0 bridgehead atoms. The Morgan fingerprint density at radius 2 is 1.93 bits per heavy atom. The van der Waals surface area contributed by atoms with Gasteiger partial charge in [0.1, 0.15) is 5.82 Å². The van der Waals surface area contributed by atoms with Gasteiger partial charge >= 0.3 is 6.18 Å². The van der Waals surface area contributed by atoms with Crippen molar-refractivity contribution in [1.82, 2.24) is 20.2 Å². The number of aliphatic hydroxyl groups is 1. The molecule has 0 aliphatic heterocycles. The highest BCUT2D eigenvalue weighted by Gasteiger charge is 2.57. The maximum atomic E-state index is 13.6. The quantitative estimate of drug-likeness (QED) is 0.295. The van der Waals surface area contributed by atoms with Crippen LogP contribution in [0.1, 0.15) is 30.3 Å². The molecule has 1 aromatic heterocycles. The average molecular weight is 525 g/mol. The van der Waals surface area contributed by atoms with Crippen molar-refractivity contribution in [3.8, 4) is 0 Å². The number of hydrogen-bond donors (Lipinski definition) is 3. The minimum Gasteiger partial charge on any atom is -0.374 e. The number of rotatable bonds is 7. The molecule has 6 nitrogen and oxygen atoms in total. The van der Waals surface area contributed by atoms with Crippen molar-refractivity contribution < 1.29 is 18.3 Å². The predicted octanol–water partition coefficient (Wildman–Crippen LogP) is 3.24. The first-order chi connectivity index (χ1) is 13.2. The van der Waals surface area contributed by atoms with Gasteiger partial charge < -0.3 is 20.3 Å². The van der Waals surface area contributed by atoms with E-state index in [0.29, 0.717) is 19.0 Å². The summed E-state index contributed by atoms with van der Waals surface area (Å²) in [5.41, 5.74) is -0.936. The molecule has 0 saturated heterocycles. The first-order valence-electron chi connectivity index (χ1n) is 9.02. The highest BCUT2D eigenvalue weighted by molar-refractivity contribution is 14.0. The van der Waals surface area contributed by atoms with E-state index in [4.69, 9.17) is 0 Å². The van der Waals surface area contributed by atoms with Gasteiger partial charge in [0.15, 0.2) is 5.96 Å².